The van der Waals surface area contributed by atoms with Gasteiger partial charge in [-0.1, -0.05) is 18.1 Å². The number of hydrogen-bond acceptors (Lipinski definition) is 3. The number of urea groups is 1. The van der Waals surface area contributed by atoms with Gasteiger partial charge in [0.1, 0.15) is 0 Å². The maximum atomic E-state index is 11.9. The summed E-state index contributed by atoms with van der Waals surface area (Å²) in [6.07, 6.45) is 9.13. The molecular formula is C12H21N5O. The van der Waals surface area contributed by atoms with E-state index in [4.69, 9.17) is 0 Å². The van der Waals surface area contributed by atoms with Gasteiger partial charge in [0.05, 0.1) is 6.20 Å². The highest BCUT2D eigenvalue weighted by Gasteiger charge is 2.14. The lowest BCUT2D eigenvalue weighted by atomic mass is 10.2. The fourth-order valence-electron chi connectivity index (χ4n) is 2.17. The molecule has 0 atom stereocenters. The molecular weight excluding hydrogens is 230 g/mol. The van der Waals surface area contributed by atoms with Crippen LogP contribution in [0.4, 0.5) is 4.79 Å². The number of rotatable bonds is 4. The Balaban J connectivity index is 1.61. The molecule has 1 aromatic rings. The van der Waals surface area contributed by atoms with Crippen molar-refractivity contribution in [2.24, 2.45) is 0 Å². The molecule has 0 saturated carbocycles. The number of nitrogens with zero attached hydrogens (tertiary/aromatic N) is 4. The second-order valence-corrected chi connectivity index (χ2v) is 4.65. The van der Waals surface area contributed by atoms with Gasteiger partial charge in [0.25, 0.3) is 0 Å². The first-order valence-electron chi connectivity index (χ1n) is 6.73. The van der Waals surface area contributed by atoms with Gasteiger partial charge in [-0.25, -0.2) is 4.79 Å². The van der Waals surface area contributed by atoms with Gasteiger partial charge >= 0.3 is 6.03 Å². The van der Waals surface area contributed by atoms with Crippen LogP contribution in [0.5, 0.6) is 0 Å². The minimum absolute atomic E-state index is 0.0792. The highest BCUT2D eigenvalue weighted by atomic mass is 16.2. The van der Waals surface area contributed by atoms with Crippen LogP contribution in [0, 0.1) is 0 Å². The largest absolute Gasteiger partial charge is 0.338 e. The van der Waals surface area contributed by atoms with Crippen molar-refractivity contribution in [3.05, 3.63) is 12.4 Å². The topological polar surface area (TPSA) is 63.1 Å². The molecule has 6 heteroatoms. The van der Waals surface area contributed by atoms with Gasteiger partial charge in [-0.15, -0.1) is 5.10 Å². The number of amides is 2. The zero-order valence-corrected chi connectivity index (χ0v) is 10.7. The van der Waals surface area contributed by atoms with Crippen molar-refractivity contribution < 1.29 is 4.79 Å². The summed E-state index contributed by atoms with van der Waals surface area (Å²) in [7, 11) is 0. The Morgan fingerprint density at radius 3 is 2.67 bits per heavy atom. The maximum Gasteiger partial charge on any atom is 0.317 e. The van der Waals surface area contributed by atoms with Crippen LogP contribution in [-0.2, 0) is 6.54 Å². The van der Waals surface area contributed by atoms with E-state index in [0.717, 1.165) is 38.9 Å². The zero-order chi connectivity index (χ0) is 12.6. The molecule has 1 N–H and O–H groups in total. The fourth-order valence-corrected chi connectivity index (χ4v) is 2.17. The second-order valence-electron chi connectivity index (χ2n) is 4.65. The molecule has 0 aromatic carbocycles. The summed E-state index contributed by atoms with van der Waals surface area (Å²) >= 11 is 0. The second kappa shape index (κ2) is 6.98. The number of nitrogens with one attached hydrogen (secondary N) is 1. The van der Waals surface area contributed by atoms with Crippen LogP contribution in [-0.4, -0.2) is 45.6 Å². The van der Waals surface area contributed by atoms with Crippen LogP contribution < -0.4 is 5.32 Å². The summed E-state index contributed by atoms with van der Waals surface area (Å²) in [4.78, 5) is 13.8. The standard InChI is InChI=1S/C12H21N5O/c18-12(16-8-3-1-2-4-9-16)13-6-5-10-17-11-7-14-15-17/h7,11H,1-6,8-10H2,(H,13,18). The summed E-state index contributed by atoms with van der Waals surface area (Å²) in [5.74, 6) is 0. The molecule has 1 aliphatic rings. The van der Waals surface area contributed by atoms with Crippen LogP contribution in [0.15, 0.2) is 12.4 Å². The first kappa shape index (κ1) is 12.9. The summed E-state index contributed by atoms with van der Waals surface area (Å²) in [5.41, 5.74) is 0. The normalized spacial score (nSPS) is 16.3. The van der Waals surface area contributed by atoms with E-state index in [1.807, 2.05) is 11.1 Å². The Morgan fingerprint density at radius 2 is 2.00 bits per heavy atom. The summed E-state index contributed by atoms with van der Waals surface area (Å²) in [5, 5.41) is 10.6. The van der Waals surface area contributed by atoms with Crippen molar-refractivity contribution in [2.45, 2.75) is 38.6 Å². The summed E-state index contributed by atoms with van der Waals surface area (Å²) in [6, 6.07) is 0.0792. The van der Waals surface area contributed by atoms with Crippen molar-refractivity contribution in [3.63, 3.8) is 0 Å². The number of hydrogen-bond donors (Lipinski definition) is 1. The molecule has 0 spiro atoms. The number of carbonyl (C=O) groups excluding carboxylic acids is 1. The van der Waals surface area contributed by atoms with Crippen molar-refractivity contribution in [1.82, 2.24) is 25.2 Å². The van der Waals surface area contributed by atoms with E-state index in [1.165, 1.54) is 12.8 Å². The highest BCUT2D eigenvalue weighted by molar-refractivity contribution is 5.74. The van der Waals surface area contributed by atoms with Gasteiger partial charge in [-0.05, 0) is 19.3 Å². The van der Waals surface area contributed by atoms with Crippen LogP contribution >= 0.6 is 0 Å². The summed E-state index contributed by atoms with van der Waals surface area (Å²) in [6.45, 7) is 3.28. The van der Waals surface area contributed by atoms with Gasteiger partial charge in [0.15, 0.2) is 0 Å². The van der Waals surface area contributed by atoms with Gasteiger partial charge in [-0.2, -0.15) is 0 Å². The zero-order valence-electron chi connectivity index (χ0n) is 10.7. The molecule has 0 unspecified atom stereocenters. The van der Waals surface area contributed by atoms with Crippen molar-refractivity contribution in [3.8, 4) is 0 Å². The molecule has 2 amide bonds. The lowest BCUT2D eigenvalue weighted by Crippen LogP contribution is -2.41. The van der Waals surface area contributed by atoms with Crippen molar-refractivity contribution in [2.75, 3.05) is 19.6 Å². The van der Waals surface area contributed by atoms with E-state index < -0.39 is 0 Å². The Kier molecular flexibility index (Phi) is 4.99. The van der Waals surface area contributed by atoms with Crippen LogP contribution in [0.1, 0.15) is 32.1 Å². The molecule has 18 heavy (non-hydrogen) atoms. The van der Waals surface area contributed by atoms with Gasteiger partial charge in [0, 0.05) is 32.4 Å². The summed E-state index contributed by atoms with van der Waals surface area (Å²) < 4.78 is 1.78. The minimum Gasteiger partial charge on any atom is -0.338 e. The SMILES string of the molecule is O=C(NCCCn1ccnn1)N1CCCCCC1. The maximum absolute atomic E-state index is 11.9. The number of aromatic nitrogens is 3. The van der Waals surface area contributed by atoms with Gasteiger partial charge in [0.2, 0.25) is 0 Å². The third-order valence-electron chi connectivity index (χ3n) is 3.21. The van der Waals surface area contributed by atoms with Crippen LogP contribution in [0.2, 0.25) is 0 Å². The molecule has 100 valence electrons. The Morgan fingerprint density at radius 1 is 1.22 bits per heavy atom. The molecule has 0 bridgehead atoms. The minimum atomic E-state index is 0.0792. The molecule has 1 saturated heterocycles. The number of aryl methyl sites for hydroxylation is 1. The van der Waals surface area contributed by atoms with Crippen molar-refractivity contribution >= 4 is 6.03 Å². The van der Waals surface area contributed by atoms with Gasteiger partial charge in [-0.3, -0.25) is 4.68 Å². The van der Waals surface area contributed by atoms with E-state index in [1.54, 1.807) is 10.9 Å². The number of likely N-dealkylation sites (tertiary alicyclic amines) is 1. The van der Waals surface area contributed by atoms with E-state index in [0.29, 0.717) is 6.54 Å². The monoisotopic (exact) mass is 251 g/mol. The molecule has 1 aliphatic heterocycles. The lowest BCUT2D eigenvalue weighted by Gasteiger charge is -2.20. The Labute approximate surface area is 107 Å². The average Bonchev–Trinajstić information content (AvgIpc) is 2.74. The van der Waals surface area contributed by atoms with Crippen LogP contribution in [0.3, 0.4) is 0 Å². The average molecular weight is 251 g/mol. The smallest absolute Gasteiger partial charge is 0.317 e. The predicted molar refractivity (Wildman–Crippen MR) is 68.1 cm³/mol. The Hall–Kier alpha value is -1.59. The lowest BCUT2D eigenvalue weighted by molar-refractivity contribution is 0.199. The molecule has 1 aromatic heterocycles. The third-order valence-corrected chi connectivity index (χ3v) is 3.21. The molecule has 2 rings (SSSR count). The molecule has 2 heterocycles. The molecule has 6 nitrogen and oxygen atoms in total. The Bertz CT molecular complexity index is 343. The van der Waals surface area contributed by atoms with E-state index >= 15 is 0 Å². The molecule has 0 radical (unpaired) electrons. The molecule has 0 aliphatic carbocycles. The van der Waals surface area contributed by atoms with Gasteiger partial charge < -0.3 is 10.2 Å². The predicted octanol–water partition coefficient (Wildman–Crippen LogP) is 1.25. The first-order chi connectivity index (χ1) is 8.86. The molecule has 1 fully saturated rings. The first-order valence-corrected chi connectivity index (χ1v) is 6.73. The van der Waals surface area contributed by atoms with Crippen LogP contribution in [0.25, 0.3) is 0 Å². The quantitative estimate of drug-likeness (QED) is 0.819. The highest BCUT2D eigenvalue weighted by Crippen LogP contribution is 2.09. The van der Waals surface area contributed by atoms with E-state index in [-0.39, 0.29) is 6.03 Å². The van der Waals surface area contributed by atoms with Crippen molar-refractivity contribution in [1.29, 1.82) is 0 Å². The fraction of sp³-hybridized carbons (Fsp3) is 0.750. The number of carbonyl (C=O) groups is 1. The van der Waals surface area contributed by atoms with E-state index in [9.17, 15) is 4.79 Å². The third kappa shape index (κ3) is 4.01. The van der Waals surface area contributed by atoms with E-state index in [2.05, 4.69) is 15.6 Å².